The van der Waals surface area contributed by atoms with E-state index < -0.39 is 0 Å². The molecule has 3 heteroatoms. The van der Waals surface area contributed by atoms with Gasteiger partial charge in [0.05, 0.1) is 6.04 Å². The topological polar surface area (TPSA) is 18.5 Å². The Morgan fingerprint density at radius 2 is 1.84 bits per heavy atom. The number of rotatable bonds is 5. The van der Waals surface area contributed by atoms with Crippen LogP contribution in [0.5, 0.6) is 0 Å². The zero-order valence-corrected chi connectivity index (χ0v) is 12.1. The number of nitrogens with one attached hydrogen (secondary N) is 1. The summed E-state index contributed by atoms with van der Waals surface area (Å²) >= 11 is 0. The molecule has 1 fully saturated rings. The van der Waals surface area contributed by atoms with Crippen molar-refractivity contribution in [3.8, 4) is 0 Å². The van der Waals surface area contributed by atoms with Gasteiger partial charge in [0.2, 0.25) is 0 Å². The van der Waals surface area contributed by atoms with Crippen molar-refractivity contribution >= 4 is 0 Å². The minimum Gasteiger partial charge on any atom is -0.381 e. The van der Waals surface area contributed by atoms with E-state index in [9.17, 15) is 0 Å². The van der Waals surface area contributed by atoms with Crippen molar-refractivity contribution in [2.45, 2.75) is 13.0 Å². The summed E-state index contributed by atoms with van der Waals surface area (Å²) < 4.78 is 0. The second kappa shape index (κ2) is 6.73. The molecule has 3 nitrogen and oxygen atoms in total. The van der Waals surface area contributed by atoms with E-state index in [1.54, 1.807) is 0 Å². The Labute approximate surface area is 116 Å². The molecule has 1 N–H and O–H groups in total. The number of hydrogen-bond donors (Lipinski definition) is 1. The van der Waals surface area contributed by atoms with Gasteiger partial charge in [-0.25, -0.2) is 0 Å². The Bertz CT molecular complexity index is 394. The summed E-state index contributed by atoms with van der Waals surface area (Å²) in [5.41, 5.74) is 2.37. The third kappa shape index (κ3) is 4.37. The van der Waals surface area contributed by atoms with Gasteiger partial charge in [0.25, 0.3) is 0 Å². The maximum absolute atomic E-state index is 3.99. The maximum Gasteiger partial charge on any atom is 0.0637 e. The largest absolute Gasteiger partial charge is 0.381 e. The molecule has 1 saturated heterocycles. The number of likely N-dealkylation sites (N-methyl/N-ethyl adjacent to an activating group) is 1. The summed E-state index contributed by atoms with van der Waals surface area (Å²) in [6, 6.07) is 11.0. The first-order valence-corrected chi connectivity index (χ1v) is 7.03. The number of nitrogens with zero attached hydrogens (tertiary/aromatic N) is 2. The molecule has 0 saturated carbocycles. The molecule has 1 atom stereocenters. The zero-order valence-electron chi connectivity index (χ0n) is 12.1. The minimum atomic E-state index is 0.335. The molecule has 1 unspecified atom stereocenters. The van der Waals surface area contributed by atoms with Gasteiger partial charge < -0.3 is 10.2 Å². The van der Waals surface area contributed by atoms with E-state index in [0.29, 0.717) is 6.04 Å². The van der Waals surface area contributed by atoms with Crippen LogP contribution in [0.4, 0.5) is 0 Å². The first-order valence-electron chi connectivity index (χ1n) is 7.03. The lowest BCUT2D eigenvalue weighted by atomic mass is 10.1. The third-order valence-electron chi connectivity index (χ3n) is 3.66. The summed E-state index contributed by atoms with van der Waals surface area (Å²) in [6.07, 6.45) is 0. The molecule has 0 spiro atoms. The Kier molecular flexibility index (Phi) is 5.00. The van der Waals surface area contributed by atoms with Crippen molar-refractivity contribution in [3.05, 3.63) is 48.2 Å². The van der Waals surface area contributed by atoms with E-state index in [0.717, 1.165) is 38.4 Å². The monoisotopic (exact) mass is 259 g/mol. The molecule has 1 heterocycles. The van der Waals surface area contributed by atoms with Crippen LogP contribution in [0.25, 0.3) is 0 Å². The first-order chi connectivity index (χ1) is 9.15. The van der Waals surface area contributed by atoms with Gasteiger partial charge in [0, 0.05) is 38.4 Å². The van der Waals surface area contributed by atoms with Crippen molar-refractivity contribution in [3.63, 3.8) is 0 Å². The fraction of sp³-hybridized carbons (Fsp3) is 0.500. The van der Waals surface area contributed by atoms with Crippen molar-refractivity contribution in [1.82, 2.24) is 15.1 Å². The summed E-state index contributed by atoms with van der Waals surface area (Å²) in [5, 5.41) is 3.50. The predicted octanol–water partition coefficient (Wildman–Crippen LogP) is 2.10. The van der Waals surface area contributed by atoms with Gasteiger partial charge in [-0.1, -0.05) is 36.9 Å². The average Bonchev–Trinajstić information content (AvgIpc) is 2.41. The number of allylic oxidation sites excluding steroid dienone is 1. The van der Waals surface area contributed by atoms with Crippen molar-refractivity contribution < 1.29 is 0 Å². The molecule has 0 aromatic heterocycles. The molecule has 2 rings (SSSR count). The van der Waals surface area contributed by atoms with Gasteiger partial charge in [-0.05, 0) is 19.5 Å². The Morgan fingerprint density at radius 1 is 1.21 bits per heavy atom. The normalized spacial score (nSPS) is 19.1. The molecule has 0 radical (unpaired) electrons. The molecular formula is C16H25N3. The van der Waals surface area contributed by atoms with E-state index in [1.165, 1.54) is 5.56 Å². The van der Waals surface area contributed by atoms with Crippen molar-refractivity contribution in [1.29, 1.82) is 0 Å². The molecular weight excluding hydrogens is 234 g/mol. The van der Waals surface area contributed by atoms with Crippen LogP contribution in [0.1, 0.15) is 18.5 Å². The average molecular weight is 259 g/mol. The molecule has 1 aromatic carbocycles. The molecule has 1 aromatic rings. The van der Waals surface area contributed by atoms with Crippen LogP contribution in [0.2, 0.25) is 0 Å². The highest BCUT2D eigenvalue weighted by Crippen LogP contribution is 2.16. The molecule has 0 bridgehead atoms. The minimum absolute atomic E-state index is 0.335. The maximum atomic E-state index is 3.99. The number of hydrogen-bond acceptors (Lipinski definition) is 3. The van der Waals surface area contributed by atoms with Gasteiger partial charge >= 0.3 is 0 Å². The van der Waals surface area contributed by atoms with E-state index in [4.69, 9.17) is 0 Å². The van der Waals surface area contributed by atoms with E-state index in [-0.39, 0.29) is 0 Å². The summed E-state index contributed by atoms with van der Waals surface area (Å²) in [4.78, 5) is 4.92. The highest BCUT2D eigenvalue weighted by Gasteiger charge is 2.19. The van der Waals surface area contributed by atoms with E-state index in [1.807, 2.05) is 6.92 Å². The molecule has 1 aliphatic heterocycles. The predicted molar refractivity (Wildman–Crippen MR) is 81.1 cm³/mol. The van der Waals surface area contributed by atoms with E-state index >= 15 is 0 Å². The second-order valence-corrected chi connectivity index (χ2v) is 5.49. The van der Waals surface area contributed by atoms with Crippen LogP contribution >= 0.6 is 0 Å². The van der Waals surface area contributed by atoms with Crippen LogP contribution in [-0.4, -0.2) is 49.6 Å². The van der Waals surface area contributed by atoms with Crippen LogP contribution < -0.4 is 5.32 Å². The quantitative estimate of drug-likeness (QED) is 0.873. The highest BCUT2D eigenvalue weighted by atomic mass is 15.3. The van der Waals surface area contributed by atoms with Gasteiger partial charge in [-0.3, -0.25) is 4.90 Å². The second-order valence-electron chi connectivity index (χ2n) is 5.49. The van der Waals surface area contributed by atoms with Crippen molar-refractivity contribution in [2.24, 2.45) is 0 Å². The van der Waals surface area contributed by atoms with E-state index in [2.05, 4.69) is 59.1 Å². The summed E-state index contributed by atoms with van der Waals surface area (Å²) in [5.74, 6) is 0. The smallest absolute Gasteiger partial charge is 0.0637 e. The van der Waals surface area contributed by atoms with Gasteiger partial charge in [-0.15, -0.1) is 0 Å². The van der Waals surface area contributed by atoms with Crippen LogP contribution in [-0.2, 0) is 0 Å². The van der Waals surface area contributed by atoms with Gasteiger partial charge in [0.15, 0.2) is 0 Å². The summed E-state index contributed by atoms with van der Waals surface area (Å²) in [6.45, 7) is 11.7. The highest BCUT2D eigenvalue weighted by molar-refractivity contribution is 5.20. The molecule has 0 aliphatic carbocycles. The SMILES string of the molecule is C=C(C)NC(CN1CCN(C)CC1)c1ccccc1. The van der Waals surface area contributed by atoms with Crippen LogP contribution in [0.3, 0.4) is 0 Å². The molecule has 0 amide bonds. The lowest BCUT2D eigenvalue weighted by Crippen LogP contribution is -2.47. The summed E-state index contributed by atoms with van der Waals surface area (Å²) in [7, 11) is 2.19. The van der Waals surface area contributed by atoms with Crippen LogP contribution in [0.15, 0.2) is 42.6 Å². The third-order valence-corrected chi connectivity index (χ3v) is 3.66. The number of benzene rings is 1. The molecule has 104 valence electrons. The Morgan fingerprint density at radius 3 is 2.42 bits per heavy atom. The fourth-order valence-corrected chi connectivity index (χ4v) is 2.51. The zero-order chi connectivity index (χ0) is 13.7. The Balaban J connectivity index is 2.00. The lowest BCUT2D eigenvalue weighted by Gasteiger charge is -2.35. The Hall–Kier alpha value is -1.32. The fourth-order valence-electron chi connectivity index (χ4n) is 2.51. The number of piperazine rings is 1. The lowest BCUT2D eigenvalue weighted by molar-refractivity contribution is 0.143. The first kappa shape index (κ1) is 14.1. The molecule has 1 aliphatic rings. The standard InChI is InChI=1S/C16H25N3/c1-14(2)17-16(15-7-5-4-6-8-15)13-19-11-9-18(3)10-12-19/h4-8,16-17H,1,9-13H2,2-3H3. The molecule has 19 heavy (non-hydrogen) atoms. The van der Waals surface area contributed by atoms with Crippen molar-refractivity contribution in [2.75, 3.05) is 39.8 Å². The van der Waals surface area contributed by atoms with Crippen LogP contribution in [0, 0.1) is 0 Å². The van der Waals surface area contributed by atoms with Gasteiger partial charge in [-0.2, -0.15) is 0 Å². The van der Waals surface area contributed by atoms with Gasteiger partial charge in [0.1, 0.15) is 0 Å².